The molecule has 322 valence electrons. The average Bonchev–Trinajstić information content (AvgIpc) is 3.59. The molecule has 11 heteroatoms. The van der Waals surface area contributed by atoms with E-state index in [0.717, 1.165) is 47.6 Å². The van der Waals surface area contributed by atoms with Crippen molar-refractivity contribution >= 4 is 64.4 Å². The van der Waals surface area contributed by atoms with E-state index in [9.17, 15) is 25.9 Å². The first-order valence-corrected chi connectivity index (χ1v) is 24.9. The van der Waals surface area contributed by atoms with Crippen LogP contribution in [0.3, 0.4) is 0 Å². The number of anilines is 1. The van der Waals surface area contributed by atoms with Crippen LogP contribution >= 0.6 is 0 Å². The molecule has 0 amide bonds. The number of hydrogen-bond donors (Lipinski definition) is 0. The van der Waals surface area contributed by atoms with E-state index in [2.05, 4.69) is 159 Å². The third-order valence-corrected chi connectivity index (χ3v) is 14.6. The molecule has 5 aromatic rings. The summed E-state index contributed by atoms with van der Waals surface area (Å²) in [4.78, 5) is 2.33. The molecule has 8 nitrogen and oxygen atoms in total. The van der Waals surface area contributed by atoms with Gasteiger partial charge in [0, 0.05) is 59.0 Å². The van der Waals surface area contributed by atoms with Crippen LogP contribution in [0.2, 0.25) is 0 Å². The van der Waals surface area contributed by atoms with Crippen LogP contribution in [0, 0.1) is 0 Å². The monoisotopic (exact) mass is 890 g/mol. The van der Waals surface area contributed by atoms with Crippen LogP contribution in [0.15, 0.2) is 144 Å². The predicted molar refractivity (Wildman–Crippen MR) is 251 cm³/mol. The molecule has 1 aliphatic carbocycles. The maximum Gasteiger partial charge on any atom is 1.00 e. The molecule has 0 bridgehead atoms. The Hall–Kier alpha value is -4.13. The number of fused-ring (bicyclic) bond motifs is 6. The Kier molecular flexibility index (Phi) is 14.0. The number of hydrogen-bond acceptors (Lipinski definition) is 7. The van der Waals surface area contributed by atoms with Crippen molar-refractivity contribution in [1.82, 2.24) is 0 Å². The van der Waals surface area contributed by atoms with Crippen LogP contribution < -0.4 is 34.5 Å². The fraction of sp³-hybridized carbons (Fsp3) is 0.327. The van der Waals surface area contributed by atoms with E-state index in [-0.39, 0.29) is 51.9 Å². The summed E-state index contributed by atoms with van der Waals surface area (Å²) < 4.78 is 71.4. The van der Waals surface area contributed by atoms with Crippen LogP contribution in [0.25, 0.3) is 27.1 Å². The van der Waals surface area contributed by atoms with E-state index in [0.29, 0.717) is 38.8 Å². The summed E-state index contributed by atoms with van der Waals surface area (Å²) in [5.41, 5.74) is 11.1. The van der Waals surface area contributed by atoms with E-state index >= 15 is 0 Å². The van der Waals surface area contributed by atoms with Gasteiger partial charge in [-0.2, -0.15) is 4.58 Å². The van der Waals surface area contributed by atoms with E-state index in [4.69, 9.17) is 0 Å². The van der Waals surface area contributed by atoms with E-state index in [1.54, 1.807) is 0 Å². The van der Waals surface area contributed by atoms with Crippen LogP contribution in [0.5, 0.6) is 0 Å². The molecule has 0 spiro atoms. The third kappa shape index (κ3) is 9.79. The van der Waals surface area contributed by atoms with Gasteiger partial charge in [-0.1, -0.05) is 111 Å². The molecule has 63 heavy (non-hydrogen) atoms. The summed E-state index contributed by atoms with van der Waals surface area (Å²) in [6, 6.07) is 36.1. The van der Waals surface area contributed by atoms with Gasteiger partial charge in [0.05, 0.1) is 25.7 Å². The summed E-state index contributed by atoms with van der Waals surface area (Å²) in [7, 11) is -8.60. The summed E-state index contributed by atoms with van der Waals surface area (Å²) >= 11 is 0. The zero-order valence-electron chi connectivity index (χ0n) is 37.1. The molecule has 2 heterocycles. The van der Waals surface area contributed by atoms with Gasteiger partial charge < -0.3 is 14.0 Å². The summed E-state index contributed by atoms with van der Waals surface area (Å²) in [6.07, 6.45) is 13.6. The maximum atomic E-state index is 11.5. The Labute approximate surface area is 395 Å². The molecule has 0 unspecified atom stereocenters. The Bertz CT molecular complexity index is 2950. The minimum absolute atomic E-state index is 0. The molecule has 0 fully saturated rings. The van der Waals surface area contributed by atoms with E-state index in [1.165, 1.54) is 49.4 Å². The molecule has 2 aliphatic heterocycles. The second-order valence-electron chi connectivity index (χ2n) is 17.9. The Balaban J connectivity index is 0.00000595. The van der Waals surface area contributed by atoms with Crippen molar-refractivity contribution in [3.8, 4) is 0 Å². The van der Waals surface area contributed by atoms with Gasteiger partial charge in [-0.3, -0.25) is 0 Å². The van der Waals surface area contributed by atoms with E-state index < -0.39 is 20.2 Å². The van der Waals surface area contributed by atoms with Gasteiger partial charge in [-0.25, -0.2) is 16.8 Å². The van der Waals surface area contributed by atoms with Gasteiger partial charge in [0.15, 0.2) is 5.71 Å². The molecule has 0 aromatic heterocycles. The molecule has 5 aromatic carbocycles. The molecule has 8 rings (SSSR count). The summed E-state index contributed by atoms with van der Waals surface area (Å²) in [5.74, 6) is -0.746. The molecular weight excluding hydrogens is 836 g/mol. The van der Waals surface area contributed by atoms with Crippen LogP contribution in [-0.2, 0) is 31.1 Å². The topological polar surface area (TPSA) is 121 Å². The molecule has 0 saturated carbocycles. The summed E-state index contributed by atoms with van der Waals surface area (Å²) in [6.45, 7) is 10.2. The van der Waals surface area contributed by atoms with Gasteiger partial charge in [-0.15, -0.1) is 0 Å². The first-order valence-electron chi connectivity index (χ1n) is 21.8. The smallest absolute Gasteiger partial charge is 0.748 e. The molecule has 0 saturated heterocycles. The van der Waals surface area contributed by atoms with Crippen molar-refractivity contribution in [2.75, 3.05) is 29.5 Å². The summed E-state index contributed by atoms with van der Waals surface area (Å²) in [5, 5.41) is 4.73. The number of rotatable bonds is 14. The minimum Gasteiger partial charge on any atom is -0.748 e. The number of allylic oxidation sites excluding steroid dienone is 8. The van der Waals surface area contributed by atoms with Crippen molar-refractivity contribution in [2.45, 2.75) is 83.5 Å². The third-order valence-electron chi connectivity index (χ3n) is 13.0. The quantitative estimate of drug-likeness (QED) is 0.0483. The molecule has 0 N–H and O–H groups in total. The van der Waals surface area contributed by atoms with Gasteiger partial charge >= 0.3 is 29.6 Å². The molecular formula is C52H55N2NaO6S2. The van der Waals surface area contributed by atoms with Crippen LogP contribution in [0.1, 0.15) is 89.3 Å². The van der Waals surface area contributed by atoms with Crippen molar-refractivity contribution in [3.05, 3.63) is 161 Å². The SMILES string of the molecule is CC1(C)C(/C=C/C2=C(c3ccccc3)C(=C/C=C3/N(CCCCS(=O)(=O)[O-])c4ccc5ccccc5c4C3(C)C)/CCC2)=[N+](CCCCS(=O)(=O)[O-])c2ccc3ccccc3c21.[Na+]. The first-order chi connectivity index (χ1) is 29.5. The number of unbranched alkanes of at least 4 members (excludes halogenated alkanes) is 2. The largest absolute Gasteiger partial charge is 1.00 e. The van der Waals surface area contributed by atoms with Gasteiger partial charge in [-0.05, 0) is 120 Å². The Morgan fingerprint density at radius 1 is 0.651 bits per heavy atom. The fourth-order valence-corrected chi connectivity index (χ4v) is 11.4. The zero-order valence-corrected chi connectivity index (χ0v) is 40.7. The van der Waals surface area contributed by atoms with Gasteiger partial charge in [0.1, 0.15) is 6.54 Å². The van der Waals surface area contributed by atoms with Crippen molar-refractivity contribution < 1.29 is 60.1 Å². The maximum absolute atomic E-state index is 11.5. The number of nitrogens with zero attached hydrogens (tertiary/aromatic N) is 2. The van der Waals surface area contributed by atoms with Crippen LogP contribution in [0.4, 0.5) is 11.4 Å². The zero-order chi connectivity index (χ0) is 43.9. The first kappa shape index (κ1) is 46.9. The fourth-order valence-electron chi connectivity index (χ4n) is 10.2. The van der Waals surface area contributed by atoms with Crippen molar-refractivity contribution in [3.63, 3.8) is 0 Å². The second-order valence-corrected chi connectivity index (χ2v) is 21.0. The second kappa shape index (κ2) is 18.8. The van der Waals surface area contributed by atoms with Gasteiger partial charge in [0.25, 0.3) is 0 Å². The Morgan fingerprint density at radius 3 is 1.92 bits per heavy atom. The van der Waals surface area contributed by atoms with Crippen molar-refractivity contribution in [1.29, 1.82) is 0 Å². The van der Waals surface area contributed by atoms with Crippen molar-refractivity contribution in [2.24, 2.45) is 0 Å². The molecule has 0 atom stereocenters. The Morgan fingerprint density at radius 2 is 1.25 bits per heavy atom. The normalized spacial score (nSPS) is 18.5. The standard InChI is InChI=1S/C52H56N2O6S2.Na/c1-51(2)46(53(33-12-14-35-61(55,56)57)44-29-25-37-17-8-10-23-42(37)49(44)51)31-27-40-21-16-22-41(48(40)39-19-6-5-7-20-39)28-32-47-52(3,4)50-43-24-11-9-18-38(43)26-30-45(50)54(47)34-13-15-36-62(58,59)60;/h5-11,17-20,23-32H,12-16,21-22,33-36H2,1-4H3,(H-,55,56,57,58,59,60);/q;+1/p-1. The average molecular weight is 891 g/mol. The molecule has 3 aliphatic rings. The van der Waals surface area contributed by atoms with E-state index in [1.807, 2.05) is 6.07 Å². The predicted octanol–water partition coefficient (Wildman–Crippen LogP) is 7.83. The van der Waals surface area contributed by atoms with Crippen LogP contribution in [-0.4, -0.2) is 60.8 Å². The molecule has 0 radical (unpaired) electrons. The number of benzene rings is 5. The minimum atomic E-state index is -4.30. The van der Waals surface area contributed by atoms with Gasteiger partial charge in [0.2, 0.25) is 5.69 Å².